The van der Waals surface area contributed by atoms with E-state index in [0.717, 1.165) is 77.4 Å². The Labute approximate surface area is 282 Å². The first-order valence-corrected chi connectivity index (χ1v) is 16.7. The van der Waals surface area contributed by atoms with Gasteiger partial charge >= 0.3 is 6.09 Å². The van der Waals surface area contributed by atoms with Gasteiger partial charge in [-0.2, -0.15) is 0 Å². The third-order valence-electron chi connectivity index (χ3n) is 8.72. The van der Waals surface area contributed by atoms with Crippen LogP contribution in [0.5, 0.6) is 0 Å². The molecular formula is C37H49N7O4. The monoisotopic (exact) mass is 655 g/mol. The van der Waals surface area contributed by atoms with E-state index < -0.39 is 5.60 Å². The van der Waals surface area contributed by atoms with Gasteiger partial charge in [0, 0.05) is 97.5 Å². The molecule has 2 amide bonds. The van der Waals surface area contributed by atoms with Crippen LogP contribution in [-0.2, 0) is 11.3 Å². The average Bonchev–Trinajstić information content (AvgIpc) is 3.36. The number of nitrogens with zero attached hydrogens (tertiary/aromatic N) is 4. The SMILES string of the molecule is Cc1cc(C)c(CNC(=O)c2cc(-c3ccc(N4CCN(CCNC(=O)OC(C)(C)C)CC4)nc3)cc3c2c(C)cn3C(C)C)c(=O)[nH]1. The Morgan fingerprint density at radius 1 is 0.979 bits per heavy atom. The zero-order chi connectivity index (χ0) is 34.7. The summed E-state index contributed by atoms with van der Waals surface area (Å²) in [7, 11) is 0. The topological polar surface area (TPSA) is 125 Å². The van der Waals surface area contributed by atoms with Gasteiger partial charge in [0.05, 0.1) is 0 Å². The standard InChI is InChI=1S/C37H49N7O4/c1-23(2)44-22-25(4)33-29(34(45)40-21-30-24(3)17-26(5)41-35(30)46)18-28(19-31(33)44)27-9-10-32(39-20-27)43-15-13-42(14-16-43)12-11-38-36(47)48-37(6,7)8/h9-10,17-20,22-23H,11-16,21H2,1-8H3,(H,38,47)(H,40,45)(H,41,46). The molecule has 11 heteroatoms. The van der Waals surface area contributed by atoms with Crippen molar-refractivity contribution in [1.29, 1.82) is 0 Å². The molecule has 48 heavy (non-hydrogen) atoms. The van der Waals surface area contributed by atoms with Crippen LogP contribution in [0, 0.1) is 20.8 Å². The predicted octanol–water partition coefficient (Wildman–Crippen LogP) is 5.47. The number of fused-ring (bicyclic) bond motifs is 1. The van der Waals surface area contributed by atoms with E-state index in [1.807, 2.05) is 65.9 Å². The number of rotatable bonds is 9. The highest BCUT2D eigenvalue weighted by Gasteiger charge is 2.22. The first-order chi connectivity index (χ1) is 22.7. The number of hydrogen-bond donors (Lipinski definition) is 3. The smallest absolute Gasteiger partial charge is 0.407 e. The summed E-state index contributed by atoms with van der Waals surface area (Å²) < 4.78 is 7.52. The van der Waals surface area contributed by atoms with E-state index in [9.17, 15) is 14.4 Å². The molecule has 1 fully saturated rings. The first-order valence-electron chi connectivity index (χ1n) is 16.7. The van der Waals surface area contributed by atoms with E-state index in [0.29, 0.717) is 17.7 Å². The molecule has 3 aromatic heterocycles. The van der Waals surface area contributed by atoms with E-state index in [2.05, 4.69) is 62.2 Å². The van der Waals surface area contributed by atoms with E-state index in [4.69, 9.17) is 9.72 Å². The van der Waals surface area contributed by atoms with Crippen LogP contribution in [0.15, 0.2) is 47.5 Å². The van der Waals surface area contributed by atoms with E-state index in [1.165, 1.54) is 0 Å². The maximum atomic E-state index is 13.8. The number of hydrogen-bond acceptors (Lipinski definition) is 7. The molecule has 4 heterocycles. The fourth-order valence-electron chi connectivity index (χ4n) is 6.30. The maximum Gasteiger partial charge on any atom is 0.407 e. The van der Waals surface area contributed by atoms with Crippen LogP contribution in [0.4, 0.5) is 10.6 Å². The Morgan fingerprint density at radius 2 is 1.71 bits per heavy atom. The number of H-pyrrole nitrogens is 1. The number of piperazine rings is 1. The number of nitrogens with one attached hydrogen (secondary N) is 3. The Balaban J connectivity index is 1.31. The molecule has 3 N–H and O–H groups in total. The number of pyridine rings is 2. The number of alkyl carbamates (subject to hydrolysis) is 1. The molecule has 1 saturated heterocycles. The molecule has 0 unspecified atom stereocenters. The van der Waals surface area contributed by atoms with Gasteiger partial charge in [0.25, 0.3) is 11.5 Å². The Hall–Kier alpha value is -4.64. The molecule has 1 aliphatic rings. The number of anilines is 1. The first kappa shape index (κ1) is 34.7. The van der Waals surface area contributed by atoms with Crippen LogP contribution in [0.3, 0.4) is 0 Å². The van der Waals surface area contributed by atoms with Crippen LogP contribution >= 0.6 is 0 Å². The van der Waals surface area contributed by atoms with E-state index in [-0.39, 0.29) is 30.1 Å². The van der Waals surface area contributed by atoms with Gasteiger partial charge in [-0.15, -0.1) is 0 Å². The van der Waals surface area contributed by atoms with Crippen LogP contribution in [-0.4, -0.2) is 76.3 Å². The van der Waals surface area contributed by atoms with Crippen molar-refractivity contribution in [1.82, 2.24) is 30.1 Å². The molecule has 5 rings (SSSR count). The molecule has 1 aliphatic heterocycles. The van der Waals surface area contributed by atoms with Gasteiger partial charge in [-0.3, -0.25) is 14.5 Å². The largest absolute Gasteiger partial charge is 0.444 e. The summed E-state index contributed by atoms with van der Waals surface area (Å²) >= 11 is 0. The van der Waals surface area contributed by atoms with Crippen molar-refractivity contribution >= 4 is 28.7 Å². The lowest BCUT2D eigenvalue weighted by Crippen LogP contribution is -2.49. The lowest BCUT2D eigenvalue weighted by molar-refractivity contribution is 0.0521. The molecule has 11 nitrogen and oxygen atoms in total. The fraction of sp³-hybridized carbons (Fsp3) is 0.459. The molecule has 0 saturated carbocycles. The second kappa shape index (κ2) is 14.2. The summed E-state index contributed by atoms with van der Waals surface area (Å²) in [5.41, 5.74) is 5.89. The van der Waals surface area contributed by atoms with Crippen LogP contribution < -0.4 is 21.1 Å². The fourth-order valence-corrected chi connectivity index (χ4v) is 6.30. The lowest BCUT2D eigenvalue weighted by atomic mass is 9.98. The highest BCUT2D eigenvalue weighted by molar-refractivity contribution is 6.09. The zero-order valence-corrected chi connectivity index (χ0v) is 29.5. The minimum atomic E-state index is -0.510. The van der Waals surface area contributed by atoms with Crippen LogP contribution in [0.25, 0.3) is 22.0 Å². The maximum absolute atomic E-state index is 13.8. The number of amides is 2. The van der Waals surface area contributed by atoms with Gasteiger partial charge in [0.1, 0.15) is 11.4 Å². The van der Waals surface area contributed by atoms with Gasteiger partial charge in [-0.1, -0.05) is 0 Å². The van der Waals surface area contributed by atoms with Crippen molar-refractivity contribution in [2.45, 2.75) is 73.6 Å². The molecule has 4 aromatic rings. The second-order valence-electron chi connectivity index (χ2n) is 14.0. The van der Waals surface area contributed by atoms with Crippen molar-refractivity contribution < 1.29 is 14.3 Å². The van der Waals surface area contributed by atoms with Crippen molar-refractivity contribution in [2.24, 2.45) is 0 Å². The minimum absolute atomic E-state index is 0.139. The zero-order valence-electron chi connectivity index (χ0n) is 29.5. The summed E-state index contributed by atoms with van der Waals surface area (Å²) in [4.78, 5) is 50.6. The van der Waals surface area contributed by atoms with Crippen molar-refractivity contribution in [3.8, 4) is 11.1 Å². The van der Waals surface area contributed by atoms with Gasteiger partial charge in [-0.05, 0) is 102 Å². The highest BCUT2D eigenvalue weighted by atomic mass is 16.6. The van der Waals surface area contributed by atoms with Crippen molar-refractivity contribution in [3.05, 3.63) is 81.0 Å². The molecule has 0 atom stereocenters. The second-order valence-corrected chi connectivity index (χ2v) is 14.0. The third-order valence-corrected chi connectivity index (χ3v) is 8.72. The molecule has 1 aromatic carbocycles. The normalized spacial score (nSPS) is 14.1. The molecular weight excluding hydrogens is 606 g/mol. The molecule has 0 radical (unpaired) electrons. The predicted molar refractivity (Wildman–Crippen MR) is 191 cm³/mol. The average molecular weight is 656 g/mol. The quantitative estimate of drug-likeness (QED) is 0.218. The lowest BCUT2D eigenvalue weighted by Gasteiger charge is -2.35. The summed E-state index contributed by atoms with van der Waals surface area (Å²) in [5.74, 6) is 0.680. The number of carbonyl (C=O) groups is 2. The van der Waals surface area contributed by atoms with Crippen molar-refractivity contribution in [2.75, 3.05) is 44.2 Å². The van der Waals surface area contributed by atoms with Gasteiger partial charge in [-0.25, -0.2) is 9.78 Å². The number of carbonyl (C=O) groups excluding carboxylic acids is 2. The Kier molecular flexibility index (Phi) is 10.3. The number of aryl methyl sites for hydroxylation is 3. The van der Waals surface area contributed by atoms with Crippen LogP contribution in [0.2, 0.25) is 0 Å². The van der Waals surface area contributed by atoms with Gasteiger partial charge in [0.15, 0.2) is 0 Å². The summed E-state index contributed by atoms with van der Waals surface area (Å²) in [6.07, 6.45) is 3.58. The van der Waals surface area contributed by atoms with E-state index >= 15 is 0 Å². The molecule has 0 spiro atoms. The highest BCUT2D eigenvalue weighted by Crippen LogP contribution is 2.33. The summed E-state index contributed by atoms with van der Waals surface area (Å²) in [5, 5.41) is 6.76. The number of aromatic nitrogens is 3. The Bertz CT molecular complexity index is 1840. The van der Waals surface area contributed by atoms with Gasteiger partial charge < -0.3 is 29.8 Å². The molecule has 256 valence electrons. The summed E-state index contributed by atoms with van der Waals surface area (Å²) in [6.45, 7) is 20.4. The summed E-state index contributed by atoms with van der Waals surface area (Å²) in [6, 6.07) is 10.3. The number of ether oxygens (including phenoxy) is 1. The van der Waals surface area contributed by atoms with Crippen molar-refractivity contribution in [3.63, 3.8) is 0 Å². The third kappa shape index (κ3) is 8.07. The number of benzene rings is 1. The molecule has 0 aliphatic carbocycles. The van der Waals surface area contributed by atoms with Gasteiger partial charge in [0.2, 0.25) is 0 Å². The van der Waals surface area contributed by atoms with E-state index in [1.54, 1.807) is 0 Å². The number of aromatic amines is 1. The minimum Gasteiger partial charge on any atom is -0.444 e. The molecule has 0 bridgehead atoms. The van der Waals surface area contributed by atoms with Crippen LogP contribution in [0.1, 0.15) is 73.4 Å². The Morgan fingerprint density at radius 3 is 2.33 bits per heavy atom.